The summed E-state index contributed by atoms with van der Waals surface area (Å²) in [6.07, 6.45) is 4.13. The van der Waals surface area contributed by atoms with Crippen LogP contribution >= 0.6 is 11.3 Å². The summed E-state index contributed by atoms with van der Waals surface area (Å²) in [5, 5.41) is 8.57. The van der Waals surface area contributed by atoms with Crippen molar-refractivity contribution in [2.75, 3.05) is 11.9 Å². The zero-order valence-electron chi connectivity index (χ0n) is 17.0. The van der Waals surface area contributed by atoms with E-state index in [1.807, 2.05) is 34.6 Å². The summed E-state index contributed by atoms with van der Waals surface area (Å²) in [5.74, 6) is -0.339. The number of hydrogen-bond acceptors (Lipinski definition) is 6. The van der Waals surface area contributed by atoms with Gasteiger partial charge in [0.2, 0.25) is 0 Å². The predicted octanol–water partition coefficient (Wildman–Crippen LogP) is 5.77. The van der Waals surface area contributed by atoms with Crippen molar-refractivity contribution in [1.82, 2.24) is 9.99 Å². The van der Waals surface area contributed by atoms with Crippen LogP contribution in [0, 0.1) is 5.82 Å². The summed E-state index contributed by atoms with van der Waals surface area (Å²) < 4.78 is 20.5. The van der Waals surface area contributed by atoms with Gasteiger partial charge in [-0.25, -0.2) is 14.2 Å². The second-order valence-electron chi connectivity index (χ2n) is 7.19. The number of hydrazone groups is 1. The Morgan fingerprint density at radius 1 is 1.39 bits per heavy atom. The molecule has 0 spiro atoms. The molecule has 0 aliphatic rings. The van der Waals surface area contributed by atoms with E-state index in [1.54, 1.807) is 17.7 Å². The molecule has 0 aliphatic heterocycles. The first-order chi connectivity index (χ1) is 13.2. The molecule has 2 rings (SSSR count). The van der Waals surface area contributed by atoms with Gasteiger partial charge in [-0.1, -0.05) is 13.8 Å². The molecule has 8 heteroatoms. The topological polar surface area (TPSA) is 66.8 Å². The van der Waals surface area contributed by atoms with Crippen molar-refractivity contribution in [2.45, 2.75) is 53.1 Å². The molecule has 0 bridgehead atoms. The lowest BCUT2D eigenvalue weighted by Gasteiger charge is -2.23. The highest BCUT2D eigenvalue weighted by molar-refractivity contribution is 7.16. The third kappa shape index (κ3) is 6.30. The van der Waals surface area contributed by atoms with Gasteiger partial charge in [-0.15, -0.1) is 11.3 Å². The van der Waals surface area contributed by atoms with Crippen molar-refractivity contribution in [3.63, 3.8) is 0 Å². The molecule has 1 heterocycles. The van der Waals surface area contributed by atoms with Crippen molar-refractivity contribution in [3.05, 3.63) is 35.2 Å². The smallest absolute Gasteiger partial charge is 0.430 e. The van der Waals surface area contributed by atoms with Gasteiger partial charge in [-0.2, -0.15) is 10.1 Å². The molecule has 1 amide bonds. The standard InChI is InChI=1S/C20H27FN4O2S/c1-6-10-25(19(26)27-20(3,4)5)23-9-8-14(7-2)24-16-12-17-18(11-15(16)21)28-13-22-17/h8-9,11-13,24H,6-7,10H2,1-5H3/b14-8+,23-9-. The van der Waals surface area contributed by atoms with Crippen LogP contribution in [0.1, 0.15) is 47.5 Å². The third-order valence-corrected chi connectivity index (χ3v) is 4.41. The number of amides is 1. The van der Waals surface area contributed by atoms with E-state index >= 15 is 0 Å². The number of allylic oxidation sites excluding steroid dienone is 2. The number of ether oxygens (including phenoxy) is 1. The van der Waals surface area contributed by atoms with Crippen molar-refractivity contribution in [1.29, 1.82) is 0 Å². The van der Waals surface area contributed by atoms with Crippen LogP contribution in [-0.4, -0.2) is 34.4 Å². The number of halogens is 1. The lowest BCUT2D eigenvalue weighted by molar-refractivity contribution is 0.0256. The number of benzene rings is 1. The van der Waals surface area contributed by atoms with Crippen LogP contribution in [0.2, 0.25) is 0 Å². The molecule has 28 heavy (non-hydrogen) atoms. The van der Waals surface area contributed by atoms with Gasteiger partial charge in [0.05, 0.1) is 21.4 Å². The number of carbonyl (C=O) groups is 1. The number of aromatic nitrogens is 1. The van der Waals surface area contributed by atoms with Gasteiger partial charge in [0.15, 0.2) is 0 Å². The average Bonchev–Trinajstić information content (AvgIpc) is 3.05. The Hall–Kier alpha value is -2.48. The minimum absolute atomic E-state index is 0.339. The summed E-state index contributed by atoms with van der Waals surface area (Å²) in [4.78, 5) is 16.4. The van der Waals surface area contributed by atoms with Crippen LogP contribution in [0.4, 0.5) is 14.9 Å². The van der Waals surface area contributed by atoms with Gasteiger partial charge >= 0.3 is 6.09 Å². The van der Waals surface area contributed by atoms with Gasteiger partial charge < -0.3 is 10.1 Å². The molecular formula is C20H27FN4O2S. The Morgan fingerprint density at radius 2 is 2.14 bits per heavy atom. The average molecular weight is 407 g/mol. The second-order valence-corrected chi connectivity index (χ2v) is 8.08. The Morgan fingerprint density at radius 3 is 2.79 bits per heavy atom. The van der Waals surface area contributed by atoms with Crippen LogP contribution in [0.3, 0.4) is 0 Å². The van der Waals surface area contributed by atoms with Crippen molar-refractivity contribution in [3.8, 4) is 0 Å². The first kappa shape index (κ1) is 21.8. The number of hydrogen-bond donors (Lipinski definition) is 1. The molecule has 0 saturated heterocycles. The fourth-order valence-corrected chi connectivity index (χ4v) is 3.01. The van der Waals surface area contributed by atoms with Crippen LogP contribution in [0.15, 0.2) is 34.5 Å². The molecule has 1 aromatic carbocycles. The quantitative estimate of drug-likeness (QED) is 0.468. The Bertz CT molecular complexity index is 871. The summed E-state index contributed by atoms with van der Waals surface area (Å²) in [6, 6.07) is 3.16. The van der Waals surface area contributed by atoms with E-state index in [0.717, 1.165) is 22.3 Å². The van der Waals surface area contributed by atoms with Gasteiger partial charge in [0, 0.05) is 18.5 Å². The number of carbonyl (C=O) groups excluding carboxylic acids is 1. The Kier molecular flexibility index (Phi) is 7.51. The molecule has 2 aromatic rings. The molecule has 6 nitrogen and oxygen atoms in total. The number of fused-ring (bicyclic) bond motifs is 1. The second kappa shape index (κ2) is 9.64. The molecule has 0 aliphatic carbocycles. The fourth-order valence-electron chi connectivity index (χ4n) is 2.32. The molecule has 0 fully saturated rings. The number of nitrogens with zero attached hydrogens (tertiary/aromatic N) is 3. The highest BCUT2D eigenvalue weighted by Gasteiger charge is 2.21. The summed E-state index contributed by atoms with van der Waals surface area (Å²) in [7, 11) is 0. The molecule has 152 valence electrons. The van der Waals surface area contributed by atoms with Gasteiger partial charge in [0.25, 0.3) is 0 Å². The van der Waals surface area contributed by atoms with E-state index < -0.39 is 11.7 Å². The predicted molar refractivity (Wildman–Crippen MR) is 113 cm³/mol. The third-order valence-electron chi connectivity index (χ3n) is 3.62. The SMILES string of the molecule is CCCN(/N=C\C=C(/CC)Nc1cc2ncsc2cc1F)C(=O)OC(C)(C)C. The largest absolute Gasteiger partial charge is 0.442 e. The minimum atomic E-state index is -0.587. The van der Waals surface area contributed by atoms with Gasteiger partial charge in [-0.05, 0) is 51.8 Å². The maximum atomic E-state index is 14.3. The van der Waals surface area contributed by atoms with Crippen LogP contribution in [0.5, 0.6) is 0 Å². The van der Waals surface area contributed by atoms with Crippen molar-refractivity contribution < 1.29 is 13.9 Å². The van der Waals surface area contributed by atoms with E-state index in [0.29, 0.717) is 18.7 Å². The Labute approximate surface area is 169 Å². The minimum Gasteiger partial charge on any atom is -0.442 e. The van der Waals surface area contributed by atoms with E-state index in [-0.39, 0.29) is 5.82 Å². The van der Waals surface area contributed by atoms with Crippen molar-refractivity contribution in [2.24, 2.45) is 5.10 Å². The molecule has 1 N–H and O–H groups in total. The van der Waals surface area contributed by atoms with E-state index in [9.17, 15) is 9.18 Å². The highest BCUT2D eigenvalue weighted by atomic mass is 32.1. The molecule has 0 radical (unpaired) electrons. The van der Waals surface area contributed by atoms with Crippen LogP contribution in [-0.2, 0) is 4.74 Å². The summed E-state index contributed by atoms with van der Waals surface area (Å²) in [5.41, 5.74) is 2.97. The molecule has 1 aromatic heterocycles. The Balaban J connectivity index is 2.12. The van der Waals surface area contributed by atoms with E-state index in [2.05, 4.69) is 15.4 Å². The molecular weight excluding hydrogens is 379 g/mol. The maximum Gasteiger partial charge on any atom is 0.430 e. The monoisotopic (exact) mass is 406 g/mol. The highest BCUT2D eigenvalue weighted by Crippen LogP contribution is 2.26. The van der Waals surface area contributed by atoms with Crippen molar-refractivity contribution >= 4 is 39.5 Å². The van der Waals surface area contributed by atoms with Crippen LogP contribution < -0.4 is 5.32 Å². The van der Waals surface area contributed by atoms with E-state index in [1.165, 1.54) is 28.6 Å². The number of rotatable bonds is 7. The summed E-state index contributed by atoms with van der Waals surface area (Å²) in [6.45, 7) is 9.79. The lowest BCUT2D eigenvalue weighted by Crippen LogP contribution is -2.34. The number of anilines is 1. The molecule has 0 atom stereocenters. The zero-order chi connectivity index (χ0) is 20.7. The fraction of sp³-hybridized carbons (Fsp3) is 0.450. The first-order valence-corrected chi connectivity index (χ1v) is 10.1. The lowest BCUT2D eigenvalue weighted by atomic mass is 10.2. The van der Waals surface area contributed by atoms with Gasteiger partial charge in [0.1, 0.15) is 11.4 Å². The normalized spacial score (nSPS) is 12.6. The van der Waals surface area contributed by atoms with Crippen LogP contribution in [0.25, 0.3) is 10.2 Å². The molecule has 0 saturated carbocycles. The van der Waals surface area contributed by atoms with E-state index in [4.69, 9.17) is 4.74 Å². The van der Waals surface area contributed by atoms with Gasteiger partial charge in [-0.3, -0.25) is 0 Å². The number of thiazole rings is 1. The first-order valence-electron chi connectivity index (χ1n) is 9.27. The maximum absolute atomic E-state index is 14.3. The zero-order valence-corrected chi connectivity index (χ0v) is 17.8. The summed E-state index contributed by atoms with van der Waals surface area (Å²) >= 11 is 1.40. The number of nitrogens with one attached hydrogen (secondary N) is 1. The molecule has 0 unspecified atom stereocenters.